The molecule has 0 aromatic carbocycles. The molecule has 0 radical (unpaired) electrons. The van der Waals surface area contributed by atoms with Gasteiger partial charge >= 0.3 is 0 Å². The Morgan fingerprint density at radius 1 is 1.56 bits per heavy atom. The van der Waals surface area contributed by atoms with E-state index >= 15 is 0 Å². The Balaban J connectivity index is 0.000000280. The molecule has 90 valence electrons. The van der Waals surface area contributed by atoms with Gasteiger partial charge in [-0.25, -0.2) is 0 Å². The fourth-order valence-electron chi connectivity index (χ4n) is 1.84. The summed E-state index contributed by atoms with van der Waals surface area (Å²) < 4.78 is 17.6. The van der Waals surface area contributed by atoms with E-state index in [-0.39, 0.29) is 0 Å². The summed E-state index contributed by atoms with van der Waals surface area (Å²) in [4.78, 5) is 4.14. The zero-order valence-corrected chi connectivity index (χ0v) is 9.86. The van der Waals surface area contributed by atoms with Crippen LogP contribution in [0.25, 0.3) is 0 Å². The summed E-state index contributed by atoms with van der Waals surface area (Å²) in [5.74, 6) is 0. The molecule has 0 bridgehead atoms. The second kappa shape index (κ2) is 7.45. The predicted octanol–water partition coefficient (Wildman–Crippen LogP) is -0.391. The average molecular weight is 243 g/mol. The van der Waals surface area contributed by atoms with Crippen LogP contribution < -0.4 is 10.5 Å². The predicted molar refractivity (Wildman–Crippen MR) is 60.7 cm³/mol. The van der Waals surface area contributed by atoms with Crippen molar-refractivity contribution in [2.75, 3.05) is 6.54 Å². The van der Waals surface area contributed by atoms with Gasteiger partial charge in [0.25, 0.3) is 0 Å². The van der Waals surface area contributed by atoms with Crippen LogP contribution in [0, 0.1) is 0 Å². The minimum Gasteiger partial charge on any atom is -0.760 e. The molecule has 0 amide bonds. The van der Waals surface area contributed by atoms with Gasteiger partial charge in [-0.05, 0) is 18.9 Å². The van der Waals surface area contributed by atoms with Gasteiger partial charge in [0.05, 0.1) is 6.54 Å². The molecule has 6 heteroatoms. The number of nitrogens with zero attached hydrogens (tertiary/aromatic N) is 1. The lowest BCUT2D eigenvalue weighted by Crippen LogP contribution is -2.86. The van der Waals surface area contributed by atoms with E-state index in [1.807, 2.05) is 18.5 Å². The Labute approximate surface area is 97.9 Å². The van der Waals surface area contributed by atoms with Gasteiger partial charge in [0.15, 0.2) is 0 Å². The van der Waals surface area contributed by atoms with Crippen LogP contribution in [0.4, 0.5) is 0 Å². The van der Waals surface area contributed by atoms with Crippen molar-refractivity contribution in [1.82, 2.24) is 4.98 Å². The molecular formula is C10H17N3O2S. The lowest BCUT2D eigenvalue weighted by Gasteiger charge is -2.19. The van der Waals surface area contributed by atoms with E-state index in [0.717, 1.165) is 0 Å². The van der Waals surface area contributed by atoms with Crippen molar-refractivity contribution in [3.05, 3.63) is 30.1 Å². The van der Waals surface area contributed by atoms with E-state index in [9.17, 15) is 0 Å². The first-order valence-corrected chi connectivity index (χ1v) is 6.41. The SMILES string of the molecule is NS(=O)[O-].c1cncc(C2CCCC[NH2+]2)c1. The molecule has 2 unspecified atom stereocenters. The second-order valence-corrected chi connectivity index (χ2v) is 4.19. The lowest BCUT2D eigenvalue weighted by molar-refractivity contribution is -0.704. The van der Waals surface area contributed by atoms with Gasteiger partial charge < -0.3 is 9.87 Å². The molecule has 4 N–H and O–H groups in total. The molecule has 16 heavy (non-hydrogen) atoms. The molecule has 2 rings (SSSR count). The number of hydrogen-bond acceptors (Lipinski definition) is 3. The number of quaternary nitrogens is 1. The van der Waals surface area contributed by atoms with E-state index in [4.69, 9.17) is 8.76 Å². The van der Waals surface area contributed by atoms with Gasteiger partial charge in [0.2, 0.25) is 0 Å². The molecule has 1 saturated heterocycles. The molecule has 0 spiro atoms. The summed E-state index contributed by atoms with van der Waals surface area (Å²) in [5.41, 5.74) is 1.39. The van der Waals surface area contributed by atoms with Crippen LogP contribution in [0.3, 0.4) is 0 Å². The molecule has 5 nitrogen and oxygen atoms in total. The molecule has 0 saturated carbocycles. The van der Waals surface area contributed by atoms with Crippen LogP contribution in [0.15, 0.2) is 24.5 Å². The Bertz CT molecular complexity index is 311. The summed E-state index contributed by atoms with van der Waals surface area (Å²) in [5, 5.41) is 6.46. The van der Waals surface area contributed by atoms with E-state index in [1.54, 1.807) is 0 Å². The minimum atomic E-state index is -2.36. The minimum absolute atomic E-state index is 0.674. The van der Waals surface area contributed by atoms with Gasteiger partial charge in [-0.2, -0.15) is 0 Å². The normalized spacial score (nSPS) is 21.8. The third-order valence-electron chi connectivity index (χ3n) is 2.53. The molecule has 1 aromatic rings. The van der Waals surface area contributed by atoms with Crippen molar-refractivity contribution in [3.8, 4) is 0 Å². The lowest BCUT2D eigenvalue weighted by atomic mass is 9.99. The molecule has 1 aliphatic rings. The summed E-state index contributed by atoms with van der Waals surface area (Å²) >= 11 is -2.36. The van der Waals surface area contributed by atoms with E-state index < -0.39 is 11.3 Å². The van der Waals surface area contributed by atoms with Crippen LogP contribution in [0.5, 0.6) is 0 Å². The van der Waals surface area contributed by atoms with Gasteiger partial charge in [0.1, 0.15) is 6.04 Å². The Morgan fingerprint density at radius 2 is 2.31 bits per heavy atom. The average Bonchev–Trinajstić information content (AvgIpc) is 2.31. The van der Waals surface area contributed by atoms with Crippen molar-refractivity contribution in [2.45, 2.75) is 25.3 Å². The zero-order chi connectivity index (χ0) is 11.8. The number of pyridine rings is 1. The highest BCUT2D eigenvalue weighted by molar-refractivity contribution is 7.76. The van der Waals surface area contributed by atoms with Gasteiger partial charge in [-0.3, -0.25) is 14.3 Å². The Hall–Kier alpha value is -0.820. The maximum absolute atomic E-state index is 8.78. The maximum atomic E-state index is 8.78. The van der Waals surface area contributed by atoms with Crippen LogP contribution in [-0.4, -0.2) is 20.3 Å². The zero-order valence-electron chi connectivity index (χ0n) is 9.04. The number of nitrogens with two attached hydrogens (primary N) is 2. The number of piperidine rings is 1. The quantitative estimate of drug-likeness (QED) is 0.657. The number of rotatable bonds is 1. The van der Waals surface area contributed by atoms with Gasteiger partial charge in [-0.15, -0.1) is 0 Å². The smallest absolute Gasteiger partial charge is 0.113 e. The fourth-order valence-corrected chi connectivity index (χ4v) is 1.84. The molecule has 1 aromatic heterocycles. The first-order valence-electron chi connectivity index (χ1n) is 5.27. The Kier molecular flexibility index (Phi) is 6.17. The molecule has 1 aliphatic heterocycles. The van der Waals surface area contributed by atoms with Crippen molar-refractivity contribution in [1.29, 1.82) is 0 Å². The highest BCUT2D eigenvalue weighted by Gasteiger charge is 2.17. The van der Waals surface area contributed by atoms with Gasteiger partial charge in [-0.1, -0.05) is 6.07 Å². The fraction of sp³-hybridized carbons (Fsp3) is 0.500. The van der Waals surface area contributed by atoms with Crippen molar-refractivity contribution in [2.24, 2.45) is 5.14 Å². The third kappa shape index (κ3) is 5.32. The largest absolute Gasteiger partial charge is 0.760 e. The molecule has 0 aliphatic carbocycles. The molecule has 1 fully saturated rings. The Morgan fingerprint density at radius 3 is 2.81 bits per heavy atom. The number of aromatic nitrogens is 1. The molecule has 2 heterocycles. The number of hydrogen-bond donors (Lipinski definition) is 2. The van der Waals surface area contributed by atoms with E-state index in [0.29, 0.717) is 6.04 Å². The van der Waals surface area contributed by atoms with Crippen molar-refractivity contribution >= 4 is 11.3 Å². The van der Waals surface area contributed by atoms with E-state index in [1.165, 1.54) is 31.4 Å². The summed E-state index contributed by atoms with van der Waals surface area (Å²) in [6.07, 6.45) is 7.89. The highest BCUT2D eigenvalue weighted by Crippen LogP contribution is 2.16. The molecular weight excluding hydrogens is 226 g/mol. The van der Waals surface area contributed by atoms with Crippen LogP contribution >= 0.6 is 0 Å². The van der Waals surface area contributed by atoms with E-state index in [2.05, 4.69) is 21.5 Å². The third-order valence-corrected chi connectivity index (χ3v) is 2.53. The first-order chi connectivity index (χ1) is 7.70. The van der Waals surface area contributed by atoms with Crippen LogP contribution in [0.1, 0.15) is 30.9 Å². The second-order valence-electron chi connectivity index (χ2n) is 3.67. The standard InChI is InChI=1S/C10H14N2.H3NO2S/c1-2-7-12-10(5-1)9-4-3-6-11-8-9;1-4(2)3/h3-4,6,8,10,12H,1-2,5,7H2;1H2,(H,2,3). The first kappa shape index (κ1) is 13.2. The van der Waals surface area contributed by atoms with Crippen LogP contribution in [0.2, 0.25) is 0 Å². The summed E-state index contributed by atoms with van der Waals surface area (Å²) in [6.45, 7) is 1.28. The highest BCUT2D eigenvalue weighted by atomic mass is 32.2. The summed E-state index contributed by atoms with van der Waals surface area (Å²) in [6, 6.07) is 4.88. The maximum Gasteiger partial charge on any atom is 0.113 e. The van der Waals surface area contributed by atoms with Crippen molar-refractivity contribution < 1.29 is 14.1 Å². The van der Waals surface area contributed by atoms with Gasteiger partial charge in [0, 0.05) is 35.6 Å². The topological polar surface area (TPSA) is 95.7 Å². The molecule has 2 atom stereocenters. The monoisotopic (exact) mass is 243 g/mol. The summed E-state index contributed by atoms with van der Waals surface area (Å²) in [7, 11) is 0. The van der Waals surface area contributed by atoms with Crippen LogP contribution in [-0.2, 0) is 11.3 Å². The van der Waals surface area contributed by atoms with Crippen molar-refractivity contribution in [3.63, 3.8) is 0 Å².